The van der Waals surface area contributed by atoms with Crippen LogP contribution in [0.25, 0.3) is 0 Å². The molecule has 1 aliphatic heterocycles. The number of hydrogen-bond acceptors (Lipinski definition) is 4. The lowest BCUT2D eigenvalue weighted by molar-refractivity contribution is 0.330. The summed E-state index contributed by atoms with van der Waals surface area (Å²) in [5, 5.41) is 0. The predicted octanol–water partition coefficient (Wildman–Crippen LogP) is 2.64. The Balaban J connectivity index is 0.00000242. The van der Waals surface area contributed by atoms with Crippen LogP contribution in [0.5, 0.6) is 5.75 Å². The zero-order valence-electron chi connectivity index (χ0n) is 12.5. The third-order valence-electron chi connectivity index (χ3n) is 3.41. The lowest BCUT2D eigenvalue weighted by atomic mass is 10.3. The van der Waals surface area contributed by atoms with E-state index in [0.29, 0.717) is 23.4 Å². The maximum absolute atomic E-state index is 12.4. The largest absolute Gasteiger partial charge is 0.492 e. The van der Waals surface area contributed by atoms with Gasteiger partial charge in [0.25, 0.3) is 0 Å². The number of nitrogens with zero attached hydrogens (tertiary/aromatic N) is 1. The van der Waals surface area contributed by atoms with E-state index in [2.05, 4.69) is 25.6 Å². The minimum atomic E-state index is -3.56. The van der Waals surface area contributed by atoms with Gasteiger partial charge in [0, 0.05) is 17.6 Å². The van der Waals surface area contributed by atoms with Crippen molar-refractivity contribution in [1.29, 1.82) is 0 Å². The standard InChI is InChI=1S/C14H21BrN2O3S.ClH/c1-2-20-13-6-5-12(15)11-14(13)21(18,19)16-7-10-17-8-3-4-9-17;/h5-6,11,16H,2-4,7-10H2,1H3;1H. The topological polar surface area (TPSA) is 58.6 Å². The molecule has 1 aromatic carbocycles. The molecule has 0 unspecified atom stereocenters. The third-order valence-corrected chi connectivity index (χ3v) is 5.39. The van der Waals surface area contributed by atoms with E-state index < -0.39 is 10.0 Å². The van der Waals surface area contributed by atoms with Gasteiger partial charge in [-0.15, -0.1) is 12.4 Å². The minimum absolute atomic E-state index is 0. The first-order valence-corrected chi connectivity index (χ1v) is 9.45. The fourth-order valence-electron chi connectivity index (χ4n) is 2.39. The number of ether oxygens (including phenoxy) is 1. The van der Waals surface area contributed by atoms with E-state index in [4.69, 9.17) is 4.74 Å². The highest BCUT2D eigenvalue weighted by molar-refractivity contribution is 9.10. The highest BCUT2D eigenvalue weighted by Gasteiger charge is 2.20. The van der Waals surface area contributed by atoms with Crippen LogP contribution in [-0.2, 0) is 10.0 Å². The van der Waals surface area contributed by atoms with Crippen molar-refractivity contribution in [3.8, 4) is 5.75 Å². The second-order valence-electron chi connectivity index (χ2n) is 4.97. The van der Waals surface area contributed by atoms with Gasteiger partial charge in [-0.3, -0.25) is 0 Å². The van der Waals surface area contributed by atoms with Gasteiger partial charge in [-0.25, -0.2) is 13.1 Å². The zero-order chi connectivity index (χ0) is 15.3. The van der Waals surface area contributed by atoms with E-state index in [-0.39, 0.29) is 17.3 Å². The van der Waals surface area contributed by atoms with Crippen LogP contribution < -0.4 is 9.46 Å². The molecule has 1 saturated heterocycles. The minimum Gasteiger partial charge on any atom is -0.492 e. The molecular weight excluding hydrogens is 392 g/mol. The second-order valence-corrected chi connectivity index (χ2v) is 7.62. The average Bonchev–Trinajstić information content (AvgIpc) is 2.94. The van der Waals surface area contributed by atoms with Crippen LogP contribution in [0, 0.1) is 0 Å². The first-order chi connectivity index (χ1) is 10.0. The Bertz CT molecular complexity index is 577. The molecule has 0 spiro atoms. The van der Waals surface area contributed by atoms with Gasteiger partial charge in [-0.2, -0.15) is 0 Å². The molecule has 1 heterocycles. The fraction of sp³-hybridized carbons (Fsp3) is 0.571. The molecule has 5 nitrogen and oxygen atoms in total. The Morgan fingerprint density at radius 1 is 1.32 bits per heavy atom. The van der Waals surface area contributed by atoms with Gasteiger partial charge < -0.3 is 9.64 Å². The van der Waals surface area contributed by atoms with Crippen LogP contribution in [0.15, 0.2) is 27.6 Å². The van der Waals surface area contributed by atoms with Gasteiger partial charge in [0.2, 0.25) is 10.0 Å². The van der Waals surface area contributed by atoms with E-state index in [9.17, 15) is 8.42 Å². The molecule has 1 N–H and O–H groups in total. The fourth-order valence-corrected chi connectivity index (χ4v) is 4.09. The van der Waals surface area contributed by atoms with Crippen molar-refractivity contribution >= 4 is 38.4 Å². The summed E-state index contributed by atoms with van der Waals surface area (Å²) in [7, 11) is -3.56. The first-order valence-electron chi connectivity index (χ1n) is 7.17. The molecule has 0 saturated carbocycles. The molecule has 0 atom stereocenters. The van der Waals surface area contributed by atoms with Crippen LogP contribution in [0.3, 0.4) is 0 Å². The lowest BCUT2D eigenvalue weighted by Gasteiger charge is -2.16. The summed E-state index contributed by atoms with van der Waals surface area (Å²) < 4.78 is 33.6. The lowest BCUT2D eigenvalue weighted by Crippen LogP contribution is -2.33. The third kappa shape index (κ3) is 5.38. The summed E-state index contributed by atoms with van der Waals surface area (Å²) in [5.41, 5.74) is 0. The van der Waals surface area contributed by atoms with E-state index in [1.54, 1.807) is 18.2 Å². The molecule has 1 aliphatic rings. The SMILES string of the molecule is CCOc1ccc(Br)cc1S(=O)(=O)NCCN1CCCC1.Cl. The molecule has 1 fully saturated rings. The Labute approximate surface area is 147 Å². The highest BCUT2D eigenvalue weighted by Crippen LogP contribution is 2.27. The van der Waals surface area contributed by atoms with Gasteiger partial charge in [0.05, 0.1) is 6.61 Å². The number of benzene rings is 1. The van der Waals surface area contributed by atoms with Crippen LogP contribution in [0.1, 0.15) is 19.8 Å². The Kier molecular flexibility index (Phi) is 8.13. The van der Waals surface area contributed by atoms with Crippen LogP contribution in [0.2, 0.25) is 0 Å². The number of nitrogens with one attached hydrogen (secondary N) is 1. The molecule has 0 bridgehead atoms. The van der Waals surface area contributed by atoms with Crippen molar-refractivity contribution in [2.75, 3.05) is 32.8 Å². The summed E-state index contributed by atoms with van der Waals surface area (Å²) in [6.45, 7) is 5.54. The van der Waals surface area contributed by atoms with E-state index in [0.717, 1.165) is 19.6 Å². The molecule has 0 amide bonds. The van der Waals surface area contributed by atoms with Crippen molar-refractivity contribution in [3.63, 3.8) is 0 Å². The molecule has 0 aromatic heterocycles. The maximum atomic E-state index is 12.4. The summed E-state index contributed by atoms with van der Waals surface area (Å²) in [4.78, 5) is 2.45. The summed E-state index contributed by atoms with van der Waals surface area (Å²) in [6.07, 6.45) is 2.40. The Hall–Kier alpha value is -0.340. The molecule has 8 heteroatoms. The van der Waals surface area contributed by atoms with Crippen molar-refractivity contribution in [2.24, 2.45) is 0 Å². The number of rotatable bonds is 7. The van der Waals surface area contributed by atoms with Gasteiger partial charge in [0.1, 0.15) is 10.6 Å². The van der Waals surface area contributed by atoms with Gasteiger partial charge in [-0.05, 0) is 51.1 Å². The van der Waals surface area contributed by atoms with Crippen molar-refractivity contribution < 1.29 is 13.2 Å². The van der Waals surface area contributed by atoms with Gasteiger partial charge in [0.15, 0.2) is 0 Å². The van der Waals surface area contributed by atoms with Crippen LogP contribution in [-0.4, -0.2) is 46.1 Å². The predicted molar refractivity (Wildman–Crippen MR) is 93.4 cm³/mol. The van der Waals surface area contributed by atoms with E-state index in [1.165, 1.54) is 12.8 Å². The monoisotopic (exact) mass is 412 g/mol. The van der Waals surface area contributed by atoms with Gasteiger partial charge in [-0.1, -0.05) is 15.9 Å². The van der Waals surface area contributed by atoms with Gasteiger partial charge >= 0.3 is 0 Å². The van der Waals surface area contributed by atoms with E-state index >= 15 is 0 Å². The molecule has 1 aromatic rings. The number of halogens is 2. The quantitative estimate of drug-likeness (QED) is 0.746. The molecular formula is C14H22BrClN2O3S. The normalized spacial score (nSPS) is 15.5. The highest BCUT2D eigenvalue weighted by atomic mass is 79.9. The number of likely N-dealkylation sites (tertiary alicyclic amines) is 1. The van der Waals surface area contributed by atoms with Crippen LogP contribution in [0.4, 0.5) is 0 Å². The number of sulfonamides is 1. The molecule has 126 valence electrons. The summed E-state index contributed by atoms with van der Waals surface area (Å²) >= 11 is 3.31. The van der Waals surface area contributed by atoms with E-state index in [1.807, 2.05) is 6.92 Å². The molecule has 0 aliphatic carbocycles. The summed E-state index contributed by atoms with van der Waals surface area (Å²) in [5.74, 6) is 0.384. The average molecular weight is 414 g/mol. The van der Waals surface area contributed by atoms with Crippen LogP contribution >= 0.6 is 28.3 Å². The van der Waals surface area contributed by atoms with Crippen molar-refractivity contribution in [2.45, 2.75) is 24.7 Å². The Morgan fingerprint density at radius 2 is 2.00 bits per heavy atom. The maximum Gasteiger partial charge on any atom is 0.244 e. The smallest absolute Gasteiger partial charge is 0.244 e. The molecule has 0 radical (unpaired) electrons. The Morgan fingerprint density at radius 3 is 2.64 bits per heavy atom. The molecule has 2 rings (SSSR count). The van der Waals surface area contributed by atoms with Crippen molar-refractivity contribution in [1.82, 2.24) is 9.62 Å². The second kappa shape index (κ2) is 9.08. The zero-order valence-corrected chi connectivity index (χ0v) is 15.8. The van der Waals surface area contributed by atoms with Crippen molar-refractivity contribution in [3.05, 3.63) is 22.7 Å². The molecule has 22 heavy (non-hydrogen) atoms. The summed E-state index contributed by atoms with van der Waals surface area (Å²) in [6, 6.07) is 5.01. The number of hydrogen-bond donors (Lipinski definition) is 1. The first kappa shape index (κ1) is 19.7.